The summed E-state index contributed by atoms with van der Waals surface area (Å²) < 4.78 is 17.1. The quantitative estimate of drug-likeness (QED) is 0.160. The number of allylic oxidation sites excluding steroid dienone is 1. The molecule has 0 spiro atoms. The van der Waals surface area contributed by atoms with Crippen molar-refractivity contribution in [2.45, 2.75) is 26.9 Å². The Morgan fingerprint density at radius 3 is 2.51 bits per heavy atom. The molecule has 0 saturated carbocycles. The van der Waals surface area contributed by atoms with E-state index in [4.69, 9.17) is 14.2 Å². The molecule has 37 heavy (non-hydrogen) atoms. The Bertz CT molecular complexity index is 1430. The van der Waals surface area contributed by atoms with Gasteiger partial charge in [0, 0.05) is 11.3 Å². The van der Waals surface area contributed by atoms with Crippen LogP contribution in [0.1, 0.15) is 43.7 Å². The van der Waals surface area contributed by atoms with Gasteiger partial charge in [0.05, 0.1) is 29.3 Å². The second kappa shape index (κ2) is 12.9. The van der Waals surface area contributed by atoms with Gasteiger partial charge in [0.1, 0.15) is 23.6 Å². The van der Waals surface area contributed by atoms with Gasteiger partial charge in [-0.2, -0.15) is 10.5 Å². The number of nitriles is 2. The standard InChI is InChI=1S/C28H23BrN2O5S/c1-4-35-28(33)27-17(2)21(15-31)25(37-27)13-23(32)20(14-30)10-19-11-22(29)26(24(12-19)34-3)36-16-18-8-6-5-7-9-18/h5-12H,4,13,16H2,1-3H3/b20-10+. The van der Waals surface area contributed by atoms with Crippen LogP contribution >= 0.6 is 27.3 Å². The fraction of sp³-hybridized carbons (Fsp3) is 0.214. The number of carbonyl (C=O) groups excluding carboxylic acids is 2. The lowest BCUT2D eigenvalue weighted by Gasteiger charge is -2.14. The van der Waals surface area contributed by atoms with Crippen LogP contribution in [-0.2, 0) is 22.6 Å². The number of esters is 1. The summed E-state index contributed by atoms with van der Waals surface area (Å²) in [6, 6.07) is 17.1. The third-order valence-electron chi connectivity index (χ3n) is 5.32. The molecule has 9 heteroatoms. The number of halogens is 1. The Balaban J connectivity index is 1.86. The van der Waals surface area contributed by atoms with Crippen molar-refractivity contribution in [3.05, 3.63) is 84.5 Å². The highest BCUT2D eigenvalue weighted by Gasteiger charge is 2.23. The Labute approximate surface area is 227 Å². The van der Waals surface area contributed by atoms with Crippen molar-refractivity contribution < 1.29 is 23.8 Å². The predicted molar refractivity (Wildman–Crippen MR) is 143 cm³/mol. The molecule has 0 atom stereocenters. The molecule has 3 aromatic rings. The summed E-state index contributed by atoms with van der Waals surface area (Å²) in [5.41, 5.74) is 2.17. The molecule has 0 bridgehead atoms. The van der Waals surface area contributed by atoms with E-state index in [0.717, 1.165) is 16.9 Å². The molecule has 2 aromatic carbocycles. The maximum absolute atomic E-state index is 13.0. The summed E-state index contributed by atoms with van der Waals surface area (Å²) in [4.78, 5) is 25.9. The topological polar surface area (TPSA) is 109 Å². The number of carbonyl (C=O) groups is 2. The minimum Gasteiger partial charge on any atom is -0.493 e. The van der Waals surface area contributed by atoms with Gasteiger partial charge >= 0.3 is 5.97 Å². The highest BCUT2D eigenvalue weighted by atomic mass is 79.9. The van der Waals surface area contributed by atoms with Gasteiger partial charge in [0.2, 0.25) is 0 Å². The summed E-state index contributed by atoms with van der Waals surface area (Å²) in [5.74, 6) is -0.0912. The zero-order chi connectivity index (χ0) is 26.9. The van der Waals surface area contributed by atoms with Crippen molar-refractivity contribution in [3.63, 3.8) is 0 Å². The van der Waals surface area contributed by atoms with Gasteiger partial charge in [0.15, 0.2) is 17.3 Å². The third-order valence-corrected chi connectivity index (χ3v) is 7.18. The maximum Gasteiger partial charge on any atom is 0.348 e. The summed E-state index contributed by atoms with van der Waals surface area (Å²) in [5, 5.41) is 19.3. The SMILES string of the molecule is CCOC(=O)c1sc(CC(=O)/C(C#N)=C/c2cc(Br)c(OCc3ccccc3)c(OC)c2)c(C#N)c1C. The minimum absolute atomic E-state index is 0.0977. The van der Waals surface area contributed by atoms with Gasteiger partial charge in [-0.15, -0.1) is 11.3 Å². The van der Waals surface area contributed by atoms with E-state index in [0.29, 0.717) is 38.6 Å². The molecule has 0 N–H and O–H groups in total. The van der Waals surface area contributed by atoms with E-state index in [9.17, 15) is 20.1 Å². The normalized spacial score (nSPS) is 10.8. The highest BCUT2D eigenvalue weighted by molar-refractivity contribution is 9.10. The van der Waals surface area contributed by atoms with Crippen LogP contribution < -0.4 is 9.47 Å². The predicted octanol–water partition coefficient (Wildman–Crippen LogP) is 6.17. The van der Waals surface area contributed by atoms with Crippen molar-refractivity contribution in [1.29, 1.82) is 10.5 Å². The number of hydrogen-bond donors (Lipinski definition) is 0. The lowest BCUT2D eigenvalue weighted by atomic mass is 10.0. The molecule has 0 saturated heterocycles. The van der Waals surface area contributed by atoms with Crippen LogP contribution in [0.15, 0.2) is 52.5 Å². The molecular weight excluding hydrogens is 556 g/mol. The fourth-order valence-corrected chi connectivity index (χ4v) is 5.23. The Hall–Kier alpha value is -3.92. The van der Waals surface area contributed by atoms with Gasteiger partial charge < -0.3 is 14.2 Å². The van der Waals surface area contributed by atoms with Crippen molar-refractivity contribution in [2.24, 2.45) is 0 Å². The lowest BCUT2D eigenvalue weighted by molar-refractivity contribution is -0.114. The monoisotopic (exact) mass is 578 g/mol. The van der Waals surface area contributed by atoms with E-state index in [2.05, 4.69) is 22.0 Å². The third kappa shape index (κ3) is 6.65. The zero-order valence-electron chi connectivity index (χ0n) is 20.5. The van der Waals surface area contributed by atoms with Crippen LogP contribution in [0.25, 0.3) is 6.08 Å². The van der Waals surface area contributed by atoms with Crippen molar-refractivity contribution >= 4 is 45.1 Å². The van der Waals surface area contributed by atoms with Crippen molar-refractivity contribution in [1.82, 2.24) is 0 Å². The molecule has 0 aliphatic rings. The van der Waals surface area contributed by atoms with Gasteiger partial charge in [-0.25, -0.2) is 4.79 Å². The van der Waals surface area contributed by atoms with E-state index in [1.54, 1.807) is 26.0 Å². The van der Waals surface area contributed by atoms with Crippen LogP contribution in [0, 0.1) is 29.6 Å². The molecule has 188 valence electrons. The minimum atomic E-state index is -0.539. The number of ketones is 1. The van der Waals surface area contributed by atoms with E-state index in [-0.39, 0.29) is 29.0 Å². The summed E-state index contributed by atoms with van der Waals surface area (Å²) >= 11 is 4.53. The summed E-state index contributed by atoms with van der Waals surface area (Å²) in [6.07, 6.45) is 1.26. The number of rotatable bonds is 10. The van der Waals surface area contributed by atoms with Crippen molar-refractivity contribution in [3.8, 4) is 23.6 Å². The first-order valence-electron chi connectivity index (χ1n) is 11.2. The second-order valence-corrected chi connectivity index (χ2v) is 9.72. The Kier molecular flexibility index (Phi) is 9.62. The van der Waals surface area contributed by atoms with Crippen LogP contribution in [0.4, 0.5) is 0 Å². The molecule has 0 unspecified atom stereocenters. The molecule has 1 aromatic heterocycles. The molecule has 7 nitrogen and oxygen atoms in total. The smallest absolute Gasteiger partial charge is 0.348 e. The lowest BCUT2D eigenvalue weighted by Crippen LogP contribution is -2.05. The van der Waals surface area contributed by atoms with Crippen LogP contribution in [0.3, 0.4) is 0 Å². The van der Waals surface area contributed by atoms with E-state index >= 15 is 0 Å². The number of benzene rings is 2. The molecule has 3 rings (SSSR count). The van der Waals surface area contributed by atoms with Crippen molar-refractivity contribution in [2.75, 3.05) is 13.7 Å². The maximum atomic E-state index is 13.0. The van der Waals surface area contributed by atoms with Crippen LogP contribution in [-0.4, -0.2) is 25.5 Å². The molecule has 1 heterocycles. The van der Waals surface area contributed by atoms with Crippen LogP contribution in [0.5, 0.6) is 11.5 Å². The van der Waals surface area contributed by atoms with Crippen LogP contribution in [0.2, 0.25) is 0 Å². The van der Waals surface area contributed by atoms with E-state index in [1.165, 1.54) is 13.2 Å². The highest BCUT2D eigenvalue weighted by Crippen LogP contribution is 2.38. The molecule has 0 aliphatic carbocycles. The number of methoxy groups -OCH3 is 1. The average molecular weight is 579 g/mol. The second-order valence-electron chi connectivity index (χ2n) is 7.76. The zero-order valence-corrected chi connectivity index (χ0v) is 22.9. The fourth-order valence-electron chi connectivity index (χ4n) is 3.51. The molecule has 0 radical (unpaired) electrons. The number of hydrogen-bond acceptors (Lipinski definition) is 8. The molecule has 0 aliphatic heterocycles. The van der Waals surface area contributed by atoms with E-state index in [1.807, 2.05) is 36.4 Å². The number of nitrogens with zero attached hydrogens (tertiary/aromatic N) is 2. The summed E-state index contributed by atoms with van der Waals surface area (Å²) in [6.45, 7) is 3.86. The number of ether oxygens (including phenoxy) is 3. The number of Topliss-reactive ketones (excluding diaryl/α,β-unsaturated/α-hetero) is 1. The number of thiophene rings is 1. The summed E-state index contributed by atoms with van der Waals surface area (Å²) in [7, 11) is 1.50. The molecular formula is C28H23BrN2O5S. The Morgan fingerprint density at radius 1 is 1.16 bits per heavy atom. The first-order valence-corrected chi connectivity index (χ1v) is 12.8. The molecule has 0 fully saturated rings. The van der Waals surface area contributed by atoms with E-state index < -0.39 is 11.8 Å². The first-order chi connectivity index (χ1) is 17.8. The van der Waals surface area contributed by atoms with Gasteiger partial charge in [-0.05, 0) is 64.7 Å². The largest absolute Gasteiger partial charge is 0.493 e. The Morgan fingerprint density at radius 2 is 1.89 bits per heavy atom. The molecule has 0 amide bonds. The van der Waals surface area contributed by atoms with Gasteiger partial charge in [0.25, 0.3) is 0 Å². The van der Waals surface area contributed by atoms with Gasteiger partial charge in [-0.1, -0.05) is 30.3 Å². The first kappa shape index (κ1) is 27.7. The average Bonchev–Trinajstić information content (AvgIpc) is 3.21. The van der Waals surface area contributed by atoms with Gasteiger partial charge in [-0.3, -0.25) is 4.79 Å².